The highest BCUT2D eigenvalue weighted by atomic mass is 32.2. The van der Waals surface area contributed by atoms with Crippen molar-refractivity contribution in [3.8, 4) is 0 Å². The average molecular weight is 498 g/mol. The predicted octanol–water partition coefficient (Wildman–Crippen LogP) is -0.462. The summed E-state index contributed by atoms with van der Waals surface area (Å²) in [5, 5.41) is 22.1. The Balaban J connectivity index is 1.71. The van der Waals surface area contributed by atoms with Gasteiger partial charge in [-0.05, 0) is 36.1 Å². The van der Waals surface area contributed by atoms with E-state index in [1.54, 1.807) is 18.2 Å². The number of nitrogens with one attached hydrogen (secondary N) is 2. The zero-order chi connectivity index (χ0) is 25.8. The van der Waals surface area contributed by atoms with Gasteiger partial charge in [-0.1, -0.05) is 36.4 Å². The number of nitrogens with zero attached hydrogens (tertiary/aromatic N) is 1. The number of sulfonamides is 1. The fourth-order valence-corrected chi connectivity index (χ4v) is 4.91. The topological polar surface area (TPSA) is 162 Å². The molecule has 184 valence electrons. The Bertz CT molecular complexity index is 1330. The second-order valence-corrected chi connectivity index (χ2v) is 9.87. The van der Waals surface area contributed by atoms with Crippen LogP contribution >= 0.6 is 0 Å². The highest BCUT2D eigenvalue weighted by molar-refractivity contribution is 7.89. The van der Waals surface area contributed by atoms with E-state index in [4.69, 9.17) is 15.8 Å². The fraction of sp³-hybridized carbons (Fsp3) is 0.217. The average Bonchev–Trinajstić information content (AvgIpc) is 2.82. The first-order chi connectivity index (χ1) is 16.5. The highest BCUT2D eigenvalue weighted by Gasteiger charge is 2.22. The van der Waals surface area contributed by atoms with Crippen LogP contribution in [0.3, 0.4) is 0 Å². The van der Waals surface area contributed by atoms with Crippen LogP contribution in [0.4, 0.5) is 5.69 Å². The molecule has 0 aliphatic heterocycles. The van der Waals surface area contributed by atoms with E-state index >= 15 is 0 Å². The molecule has 0 saturated carbocycles. The van der Waals surface area contributed by atoms with E-state index in [1.807, 2.05) is 31.1 Å². The van der Waals surface area contributed by atoms with Crippen LogP contribution in [0, 0.1) is 0 Å². The summed E-state index contributed by atoms with van der Waals surface area (Å²) in [4.78, 5) is 26.3. The van der Waals surface area contributed by atoms with Gasteiger partial charge < -0.3 is 26.0 Å². The molecule has 35 heavy (non-hydrogen) atoms. The van der Waals surface area contributed by atoms with Crippen molar-refractivity contribution in [2.24, 2.45) is 5.73 Å². The maximum atomic E-state index is 13.0. The van der Waals surface area contributed by atoms with Crippen LogP contribution in [0.25, 0.3) is 10.8 Å². The molecule has 0 bridgehead atoms. The van der Waals surface area contributed by atoms with Gasteiger partial charge in [0.05, 0.1) is 4.90 Å². The molecule has 0 aliphatic rings. The molecule has 0 aliphatic carbocycles. The maximum Gasteiger partial charge on any atom is 0.488 e. The molecule has 0 aromatic heterocycles. The molecule has 1 unspecified atom stereocenters. The van der Waals surface area contributed by atoms with Gasteiger partial charge in [0.15, 0.2) is 0 Å². The zero-order valence-corrected chi connectivity index (χ0v) is 20.1. The van der Waals surface area contributed by atoms with Gasteiger partial charge in [0.25, 0.3) is 5.91 Å². The molecule has 3 rings (SSSR count). The summed E-state index contributed by atoms with van der Waals surface area (Å²) >= 11 is 0. The molecule has 0 heterocycles. The Hall–Kier alpha value is -3.45. The molecule has 0 spiro atoms. The van der Waals surface area contributed by atoms with Crippen molar-refractivity contribution in [2.75, 3.05) is 25.5 Å². The Kier molecular flexibility index (Phi) is 8.12. The van der Waals surface area contributed by atoms with Gasteiger partial charge in [-0.25, -0.2) is 13.1 Å². The summed E-state index contributed by atoms with van der Waals surface area (Å²) in [6.45, 7) is -0.143. The van der Waals surface area contributed by atoms with Crippen molar-refractivity contribution in [3.05, 3.63) is 66.2 Å². The first-order valence-electron chi connectivity index (χ1n) is 10.8. The molecular weight excluding hydrogens is 471 g/mol. The standard InChI is InChI=1S/C23H27BN4O6S/c1-28(2)20-7-3-6-18-17(20)5-4-8-21(18)35(33,34)26-14-13-19(22(25)29)27-23(30)15-9-11-16(12-10-15)24(31)32/h3-12,19,26,31-32H,13-14H2,1-2H3,(H2,25,29)(H,27,30). The van der Waals surface area contributed by atoms with Crippen molar-refractivity contribution < 1.29 is 28.1 Å². The number of carbonyl (C=O) groups is 2. The number of anilines is 1. The van der Waals surface area contributed by atoms with Crippen LogP contribution in [0.5, 0.6) is 0 Å². The molecule has 0 radical (unpaired) electrons. The lowest BCUT2D eigenvalue weighted by molar-refractivity contribution is -0.119. The number of primary amides is 1. The third-order valence-electron chi connectivity index (χ3n) is 5.48. The van der Waals surface area contributed by atoms with E-state index in [-0.39, 0.29) is 28.9 Å². The Labute approximate surface area is 203 Å². The van der Waals surface area contributed by atoms with Crippen LogP contribution in [0.15, 0.2) is 65.6 Å². The maximum absolute atomic E-state index is 13.0. The number of benzene rings is 3. The van der Waals surface area contributed by atoms with E-state index in [0.717, 1.165) is 11.1 Å². The first-order valence-corrected chi connectivity index (χ1v) is 12.2. The van der Waals surface area contributed by atoms with Gasteiger partial charge in [-0.3, -0.25) is 9.59 Å². The number of hydrogen-bond donors (Lipinski definition) is 5. The molecule has 0 saturated heterocycles. The summed E-state index contributed by atoms with van der Waals surface area (Å²) in [7, 11) is -1.85. The first kappa shape index (κ1) is 26.2. The number of rotatable bonds is 10. The lowest BCUT2D eigenvalue weighted by atomic mass is 9.80. The van der Waals surface area contributed by atoms with E-state index in [0.29, 0.717) is 5.39 Å². The van der Waals surface area contributed by atoms with E-state index < -0.39 is 35.0 Å². The molecule has 1 atom stereocenters. The highest BCUT2D eigenvalue weighted by Crippen LogP contribution is 2.30. The van der Waals surface area contributed by atoms with Crippen molar-refractivity contribution in [1.82, 2.24) is 10.0 Å². The third kappa shape index (κ3) is 6.17. The van der Waals surface area contributed by atoms with Gasteiger partial charge in [0, 0.05) is 42.7 Å². The van der Waals surface area contributed by atoms with E-state index in [1.165, 1.54) is 30.3 Å². The summed E-state index contributed by atoms with van der Waals surface area (Å²) in [5.41, 5.74) is 6.66. The van der Waals surface area contributed by atoms with Gasteiger partial charge in [-0.15, -0.1) is 0 Å². The Morgan fingerprint density at radius 3 is 2.23 bits per heavy atom. The van der Waals surface area contributed by atoms with Gasteiger partial charge >= 0.3 is 7.12 Å². The number of fused-ring (bicyclic) bond motifs is 1. The van der Waals surface area contributed by atoms with Crippen molar-refractivity contribution in [2.45, 2.75) is 17.4 Å². The van der Waals surface area contributed by atoms with Crippen molar-refractivity contribution in [1.29, 1.82) is 0 Å². The molecular formula is C23H27BN4O6S. The quantitative estimate of drug-likeness (QED) is 0.236. The van der Waals surface area contributed by atoms with Gasteiger partial charge in [-0.2, -0.15) is 0 Å². The fourth-order valence-electron chi connectivity index (χ4n) is 3.64. The third-order valence-corrected chi connectivity index (χ3v) is 6.99. The number of hydrogen-bond acceptors (Lipinski definition) is 7. The molecule has 6 N–H and O–H groups in total. The number of nitrogens with two attached hydrogens (primary N) is 1. The lowest BCUT2D eigenvalue weighted by Gasteiger charge is -2.18. The summed E-state index contributed by atoms with van der Waals surface area (Å²) in [6.07, 6.45) is -0.0680. The van der Waals surface area contributed by atoms with Crippen molar-refractivity contribution >= 4 is 50.9 Å². The van der Waals surface area contributed by atoms with Gasteiger partial charge in [0.1, 0.15) is 6.04 Å². The Morgan fingerprint density at radius 2 is 1.63 bits per heavy atom. The number of amides is 2. The molecule has 12 heteroatoms. The second-order valence-electron chi connectivity index (χ2n) is 8.13. The lowest BCUT2D eigenvalue weighted by Crippen LogP contribution is -2.46. The van der Waals surface area contributed by atoms with Crippen LogP contribution < -0.4 is 26.1 Å². The SMILES string of the molecule is CN(C)c1cccc2c(S(=O)(=O)NCCC(NC(=O)c3ccc(B(O)O)cc3)C(N)=O)cccc12. The minimum absolute atomic E-state index is 0.0680. The van der Waals surface area contributed by atoms with Crippen molar-refractivity contribution in [3.63, 3.8) is 0 Å². The zero-order valence-electron chi connectivity index (χ0n) is 19.3. The van der Waals surface area contributed by atoms with Crippen LogP contribution in [0.2, 0.25) is 0 Å². The molecule has 3 aromatic rings. The minimum Gasteiger partial charge on any atom is -0.423 e. The monoisotopic (exact) mass is 498 g/mol. The molecule has 3 aromatic carbocycles. The Morgan fingerprint density at radius 1 is 1.00 bits per heavy atom. The molecule has 2 amide bonds. The summed E-state index contributed by atoms with van der Waals surface area (Å²) in [5.74, 6) is -1.43. The summed E-state index contributed by atoms with van der Waals surface area (Å²) < 4.78 is 28.6. The predicted molar refractivity (Wildman–Crippen MR) is 135 cm³/mol. The van der Waals surface area contributed by atoms with Crippen LogP contribution in [-0.2, 0) is 14.8 Å². The van der Waals surface area contributed by atoms with Crippen LogP contribution in [0.1, 0.15) is 16.8 Å². The largest absolute Gasteiger partial charge is 0.488 e. The second kappa shape index (κ2) is 10.9. The van der Waals surface area contributed by atoms with Gasteiger partial charge in [0.2, 0.25) is 15.9 Å². The smallest absolute Gasteiger partial charge is 0.423 e. The molecule has 0 fully saturated rings. The van der Waals surface area contributed by atoms with Crippen LogP contribution in [-0.4, -0.2) is 64.1 Å². The normalized spacial score (nSPS) is 12.2. The minimum atomic E-state index is -3.92. The van der Waals surface area contributed by atoms with E-state index in [9.17, 15) is 18.0 Å². The summed E-state index contributed by atoms with van der Waals surface area (Å²) in [6, 6.07) is 14.7. The van der Waals surface area contributed by atoms with E-state index in [2.05, 4.69) is 10.0 Å². The molecule has 10 nitrogen and oxygen atoms in total. The number of carbonyl (C=O) groups excluding carboxylic acids is 2.